The maximum absolute atomic E-state index is 5.94. The van der Waals surface area contributed by atoms with Crippen LogP contribution in [0.25, 0.3) is 49.7 Å². The molecule has 244 valence electrons. The second-order valence-corrected chi connectivity index (χ2v) is 12.8. The molecule has 2 heteroatoms. The summed E-state index contributed by atoms with van der Waals surface area (Å²) >= 11 is 0. The average Bonchev–Trinajstić information content (AvgIpc) is 3.54. The predicted molar refractivity (Wildman–Crippen MR) is 217 cm³/mol. The van der Waals surface area contributed by atoms with Crippen molar-refractivity contribution in [1.82, 2.24) is 4.57 Å². The lowest BCUT2D eigenvalue weighted by Gasteiger charge is -2.26. The molecule has 51 heavy (non-hydrogen) atoms. The topological polar surface area (TPSA) is 8.17 Å². The Bertz CT molecular complexity index is 2410. The van der Waals surface area contributed by atoms with Crippen LogP contribution in [0.5, 0.6) is 0 Å². The second-order valence-electron chi connectivity index (χ2n) is 12.8. The third-order valence-corrected chi connectivity index (χ3v) is 9.60. The van der Waals surface area contributed by atoms with Crippen molar-refractivity contribution in [3.63, 3.8) is 0 Å². The van der Waals surface area contributed by atoms with Gasteiger partial charge in [0.1, 0.15) is 0 Å². The van der Waals surface area contributed by atoms with Crippen molar-refractivity contribution in [3.05, 3.63) is 199 Å². The zero-order chi connectivity index (χ0) is 34.4. The molecule has 0 aliphatic heterocycles. The Hall–Kier alpha value is -6.56. The summed E-state index contributed by atoms with van der Waals surface area (Å²) in [6.45, 7) is 0. The third-order valence-electron chi connectivity index (χ3n) is 9.60. The number of allylic oxidation sites excluding steroid dienone is 7. The van der Waals surface area contributed by atoms with Crippen LogP contribution in [0.2, 0.25) is 0 Å². The summed E-state index contributed by atoms with van der Waals surface area (Å²) in [6.07, 6.45) is 22.0. The van der Waals surface area contributed by atoms with Crippen LogP contribution in [-0.4, -0.2) is 4.57 Å². The normalized spacial score (nSPS) is 13.1. The van der Waals surface area contributed by atoms with E-state index in [0.29, 0.717) is 0 Å². The molecule has 2 nitrogen and oxygen atoms in total. The summed E-state index contributed by atoms with van der Waals surface area (Å²) < 4.78 is 2.35. The van der Waals surface area contributed by atoms with Gasteiger partial charge in [-0.25, -0.2) is 0 Å². The Balaban J connectivity index is 1.12. The first-order valence-corrected chi connectivity index (χ1v) is 17.6. The zero-order valence-corrected chi connectivity index (χ0v) is 28.5. The quantitative estimate of drug-likeness (QED) is 0.111. The summed E-state index contributed by atoms with van der Waals surface area (Å²) in [5.74, 6) is 2.80. The van der Waals surface area contributed by atoms with Gasteiger partial charge in [0.25, 0.3) is 0 Å². The van der Waals surface area contributed by atoms with E-state index in [1.807, 2.05) is 12.1 Å². The van der Waals surface area contributed by atoms with E-state index in [0.717, 1.165) is 53.1 Å². The molecule has 1 aromatic heterocycles. The molecule has 0 amide bonds. The van der Waals surface area contributed by atoms with Crippen LogP contribution in [0.15, 0.2) is 199 Å². The molecule has 0 bridgehead atoms. The highest BCUT2D eigenvalue weighted by Gasteiger charge is 2.15. The van der Waals surface area contributed by atoms with Gasteiger partial charge < -0.3 is 9.47 Å². The molecule has 7 aromatic rings. The van der Waals surface area contributed by atoms with E-state index in [2.05, 4.69) is 191 Å². The first-order valence-electron chi connectivity index (χ1n) is 17.6. The molecular formula is C49H38N2. The lowest BCUT2D eigenvalue weighted by Crippen LogP contribution is -2.15. The zero-order valence-electron chi connectivity index (χ0n) is 28.5. The first-order chi connectivity index (χ1) is 25.3. The summed E-state index contributed by atoms with van der Waals surface area (Å²) in [7, 11) is 0. The average molecular weight is 655 g/mol. The molecule has 0 spiro atoms. The van der Waals surface area contributed by atoms with Gasteiger partial charge in [0, 0.05) is 33.9 Å². The maximum Gasteiger partial charge on any atom is 0.0541 e. The molecule has 1 aliphatic carbocycles. The van der Waals surface area contributed by atoms with Crippen molar-refractivity contribution < 1.29 is 0 Å². The minimum Gasteiger partial charge on any atom is -0.310 e. The second kappa shape index (κ2) is 14.5. The minimum atomic E-state index is 0.864. The molecule has 0 atom stereocenters. The number of fused-ring (bicyclic) bond motifs is 3. The number of aromatic nitrogens is 1. The largest absolute Gasteiger partial charge is 0.310 e. The van der Waals surface area contributed by atoms with Gasteiger partial charge in [-0.05, 0) is 102 Å². The highest BCUT2D eigenvalue weighted by molar-refractivity contribution is 6.09. The fraction of sp³-hybridized carbons (Fsp3) is 0.0612. The molecule has 6 aromatic carbocycles. The molecule has 0 N–H and O–H groups in total. The summed E-state index contributed by atoms with van der Waals surface area (Å²) in [5, 5.41) is 2.53. The number of para-hydroxylation sites is 2. The van der Waals surface area contributed by atoms with E-state index in [4.69, 9.17) is 6.42 Å². The van der Waals surface area contributed by atoms with E-state index >= 15 is 0 Å². The van der Waals surface area contributed by atoms with Crippen LogP contribution in [-0.2, 0) is 0 Å². The summed E-state index contributed by atoms with van der Waals surface area (Å²) in [4.78, 5) is 2.24. The molecule has 0 unspecified atom stereocenters. The lowest BCUT2D eigenvalue weighted by atomic mass is 10.0. The van der Waals surface area contributed by atoms with Gasteiger partial charge in [-0.15, -0.1) is 6.42 Å². The minimum absolute atomic E-state index is 0.864. The molecule has 0 radical (unpaired) electrons. The Morgan fingerprint density at radius 1 is 0.608 bits per heavy atom. The van der Waals surface area contributed by atoms with Crippen LogP contribution in [0.1, 0.15) is 19.3 Å². The number of nitrogens with zero attached hydrogens (tertiary/aromatic N) is 2. The number of hydrogen-bond donors (Lipinski definition) is 0. The molecule has 8 rings (SSSR count). The number of rotatable bonds is 9. The number of anilines is 2. The van der Waals surface area contributed by atoms with E-state index in [-0.39, 0.29) is 0 Å². The number of benzene rings is 6. The SMILES string of the molecule is C#C/C=C(\C=C/CC1=CCCC=C1)N(c1ccc(-c2ccccc2)cc1)c1ccc(-c2ccc(-n3c4ccccc4c4ccccc43)cc2)cc1. The van der Waals surface area contributed by atoms with Crippen molar-refractivity contribution in [2.75, 3.05) is 4.90 Å². The molecule has 0 saturated heterocycles. The monoisotopic (exact) mass is 654 g/mol. The van der Waals surface area contributed by atoms with Crippen LogP contribution in [0.4, 0.5) is 11.4 Å². The van der Waals surface area contributed by atoms with E-state index < -0.39 is 0 Å². The van der Waals surface area contributed by atoms with Gasteiger partial charge in [-0.3, -0.25) is 0 Å². The molecule has 0 fully saturated rings. The fourth-order valence-electron chi connectivity index (χ4n) is 7.09. The molecule has 1 heterocycles. The van der Waals surface area contributed by atoms with Crippen molar-refractivity contribution >= 4 is 33.2 Å². The Labute approximate surface area is 300 Å². The van der Waals surface area contributed by atoms with Gasteiger partial charge in [-0.1, -0.05) is 133 Å². The molecule has 0 saturated carbocycles. The van der Waals surface area contributed by atoms with Crippen molar-refractivity contribution in [2.45, 2.75) is 19.3 Å². The van der Waals surface area contributed by atoms with Crippen LogP contribution in [0.3, 0.4) is 0 Å². The lowest BCUT2D eigenvalue weighted by molar-refractivity contribution is 1.00. The van der Waals surface area contributed by atoms with Crippen molar-refractivity contribution in [2.24, 2.45) is 0 Å². The van der Waals surface area contributed by atoms with Gasteiger partial charge in [-0.2, -0.15) is 0 Å². The highest BCUT2D eigenvalue weighted by Crippen LogP contribution is 2.36. The van der Waals surface area contributed by atoms with Gasteiger partial charge in [0.2, 0.25) is 0 Å². The molecular weight excluding hydrogens is 617 g/mol. The smallest absolute Gasteiger partial charge is 0.0541 e. The Kier molecular flexibility index (Phi) is 9.01. The van der Waals surface area contributed by atoms with Gasteiger partial charge in [0.15, 0.2) is 0 Å². The van der Waals surface area contributed by atoms with E-state index in [1.54, 1.807) is 0 Å². The Morgan fingerprint density at radius 3 is 1.69 bits per heavy atom. The maximum atomic E-state index is 5.94. The van der Waals surface area contributed by atoms with E-state index in [1.165, 1.54) is 38.5 Å². The standard InChI is InChI=1S/C49H38N2/c1-2-14-42(20-13-17-37-15-5-3-6-16-37)50(43-31-25-39(26-32-43)38-18-7-4-8-19-38)44-33-27-40(28-34-44)41-29-35-45(36-30-41)51-48-23-11-9-21-46(48)47-22-10-12-24-49(47)51/h1,4-5,7-16,18-36H,3,6,17H2/b20-13-,42-14+. The first kappa shape index (κ1) is 31.7. The number of hydrogen-bond acceptors (Lipinski definition) is 1. The van der Waals surface area contributed by atoms with Crippen LogP contribution in [0, 0.1) is 12.3 Å². The van der Waals surface area contributed by atoms with Crippen LogP contribution >= 0.6 is 0 Å². The third kappa shape index (κ3) is 6.58. The van der Waals surface area contributed by atoms with Crippen molar-refractivity contribution in [1.29, 1.82) is 0 Å². The summed E-state index contributed by atoms with van der Waals surface area (Å²) in [5.41, 5.74) is 12.6. The van der Waals surface area contributed by atoms with Gasteiger partial charge in [0.05, 0.1) is 16.7 Å². The van der Waals surface area contributed by atoms with E-state index in [9.17, 15) is 0 Å². The van der Waals surface area contributed by atoms with Crippen molar-refractivity contribution in [3.8, 4) is 40.3 Å². The number of terminal acetylenes is 1. The van der Waals surface area contributed by atoms with Crippen LogP contribution < -0.4 is 4.90 Å². The van der Waals surface area contributed by atoms with Gasteiger partial charge >= 0.3 is 0 Å². The highest BCUT2D eigenvalue weighted by atomic mass is 15.1. The molecule has 1 aliphatic rings. The predicted octanol–water partition coefficient (Wildman–Crippen LogP) is 13.0. The summed E-state index contributed by atoms with van der Waals surface area (Å²) in [6, 6.07) is 54.1. The Morgan fingerprint density at radius 2 is 1.14 bits per heavy atom. The fourth-order valence-corrected chi connectivity index (χ4v) is 7.09.